The number of alkyl carbamates (subject to hydrolysis) is 1. The van der Waals surface area contributed by atoms with Gasteiger partial charge in [-0.2, -0.15) is 4.39 Å². The van der Waals surface area contributed by atoms with E-state index in [0.29, 0.717) is 0 Å². The predicted molar refractivity (Wildman–Crippen MR) is 97.5 cm³/mol. The number of nitrogens with zero attached hydrogens (tertiary/aromatic N) is 1. The minimum absolute atomic E-state index is 0. The van der Waals surface area contributed by atoms with Crippen molar-refractivity contribution in [2.75, 3.05) is 34.0 Å². The lowest BCUT2D eigenvalue weighted by molar-refractivity contribution is -0.902. The Morgan fingerprint density at radius 3 is 1.93 bits per heavy atom. The first-order chi connectivity index (χ1) is 12.0. The fraction of sp³-hybridized carbons (Fsp3) is 0.833. The Labute approximate surface area is 173 Å². The number of esters is 2. The Balaban J connectivity index is 0. The van der Waals surface area contributed by atoms with Crippen LogP contribution in [0.5, 0.6) is 0 Å². The topological polar surface area (TPSA) is 90.9 Å². The summed E-state index contributed by atoms with van der Waals surface area (Å²) >= 11 is 0. The van der Waals surface area contributed by atoms with Crippen molar-refractivity contribution in [1.29, 1.82) is 0 Å². The van der Waals surface area contributed by atoms with E-state index in [1.165, 1.54) is 0 Å². The first kappa shape index (κ1) is 28.6. The zero-order chi connectivity index (χ0) is 21.5. The molecule has 1 amide bonds. The normalized spacial score (nSPS) is 13.0. The lowest BCUT2D eigenvalue weighted by Crippen LogP contribution is -3.00. The van der Waals surface area contributed by atoms with Crippen molar-refractivity contribution >= 4 is 18.0 Å². The van der Waals surface area contributed by atoms with Crippen molar-refractivity contribution in [3.63, 3.8) is 0 Å². The van der Waals surface area contributed by atoms with E-state index in [9.17, 15) is 18.8 Å². The van der Waals surface area contributed by atoms with E-state index in [1.54, 1.807) is 55.6 Å². The lowest BCUT2D eigenvalue weighted by Gasteiger charge is -2.26. The maximum atomic E-state index is 12.8. The summed E-state index contributed by atoms with van der Waals surface area (Å²) in [6.45, 7) is 9.66. The van der Waals surface area contributed by atoms with E-state index >= 15 is 0 Å². The molecule has 0 aliphatic rings. The van der Waals surface area contributed by atoms with Crippen LogP contribution in [0.3, 0.4) is 0 Å². The molecule has 1 N–H and O–H groups in total. The molecule has 28 heavy (non-hydrogen) atoms. The number of ether oxygens (including phenoxy) is 3. The van der Waals surface area contributed by atoms with E-state index in [-0.39, 0.29) is 30.0 Å². The highest BCUT2D eigenvalue weighted by Gasteiger charge is 2.30. The second-order valence-corrected chi connectivity index (χ2v) is 8.94. The summed E-state index contributed by atoms with van der Waals surface area (Å²) in [4.78, 5) is 36.3. The van der Waals surface area contributed by atoms with Crippen molar-refractivity contribution in [2.24, 2.45) is 0 Å². The molecule has 0 saturated heterocycles. The van der Waals surface area contributed by atoms with E-state index < -0.39 is 48.5 Å². The molecule has 0 aromatic heterocycles. The van der Waals surface area contributed by atoms with E-state index in [2.05, 4.69) is 5.32 Å². The SMILES string of the molecule is CC(C)(C)OC(=O)C[C@H](NC(=O)OC(C)(C)C)C(=O)OCC[N+](C)(C)CF.[Cl-]. The molecule has 0 aromatic carbocycles. The highest BCUT2D eigenvalue weighted by atomic mass is 35.5. The number of rotatable bonds is 8. The Hall–Kier alpha value is -1.61. The van der Waals surface area contributed by atoms with Gasteiger partial charge < -0.3 is 31.9 Å². The van der Waals surface area contributed by atoms with Gasteiger partial charge in [-0.15, -0.1) is 0 Å². The van der Waals surface area contributed by atoms with Gasteiger partial charge in [-0.05, 0) is 41.5 Å². The van der Waals surface area contributed by atoms with Crippen molar-refractivity contribution in [3.8, 4) is 0 Å². The number of carbonyl (C=O) groups is 3. The zero-order valence-electron chi connectivity index (χ0n) is 18.1. The van der Waals surface area contributed by atoms with Crippen molar-refractivity contribution < 1.29 is 49.9 Å². The molecule has 0 bridgehead atoms. The number of nitrogens with one attached hydrogen (secondary N) is 1. The number of amides is 1. The summed E-state index contributed by atoms with van der Waals surface area (Å²) in [5.41, 5.74) is -1.51. The summed E-state index contributed by atoms with van der Waals surface area (Å²) in [5.74, 6) is -1.48. The Kier molecular flexibility index (Phi) is 11.6. The highest BCUT2D eigenvalue weighted by Crippen LogP contribution is 2.11. The molecule has 0 aliphatic heterocycles. The molecule has 0 rings (SSSR count). The standard InChI is InChI=1S/C18H33FN2O6.ClH/c1-17(2,3)26-14(22)11-13(20-16(24)27-18(4,5)6)15(23)25-10-9-21(7,8)12-19;/h13H,9-12H2,1-8H3;1H/t13-;/m0./s1. The first-order valence-corrected chi connectivity index (χ1v) is 8.80. The Morgan fingerprint density at radius 2 is 1.50 bits per heavy atom. The van der Waals surface area contributed by atoms with Crippen LogP contribution in [-0.2, 0) is 23.8 Å². The second kappa shape index (κ2) is 11.4. The molecule has 10 heteroatoms. The van der Waals surface area contributed by atoms with Crippen LogP contribution in [0.25, 0.3) is 0 Å². The van der Waals surface area contributed by atoms with Crippen molar-refractivity contribution in [3.05, 3.63) is 0 Å². The summed E-state index contributed by atoms with van der Waals surface area (Å²) in [7, 11) is 3.29. The maximum absolute atomic E-state index is 12.8. The monoisotopic (exact) mass is 428 g/mol. The van der Waals surface area contributed by atoms with Crippen LogP contribution in [-0.4, -0.2) is 73.8 Å². The molecule has 0 aromatic rings. The second-order valence-electron chi connectivity index (χ2n) is 8.94. The van der Waals surface area contributed by atoms with E-state index in [0.717, 1.165) is 0 Å². The number of alkyl halides is 1. The summed E-state index contributed by atoms with van der Waals surface area (Å²) in [5, 5.41) is 2.34. The van der Waals surface area contributed by atoms with Gasteiger partial charge in [0.1, 0.15) is 30.4 Å². The number of quaternary nitrogens is 1. The molecular weight excluding hydrogens is 395 g/mol. The van der Waals surface area contributed by atoms with Crippen molar-refractivity contribution in [1.82, 2.24) is 5.32 Å². The average Bonchev–Trinajstić information content (AvgIpc) is 2.42. The van der Waals surface area contributed by atoms with Gasteiger partial charge >= 0.3 is 18.0 Å². The van der Waals surface area contributed by atoms with E-state index in [4.69, 9.17) is 14.2 Å². The van der Waals surface area contributed by atoms with Crippen LogP contribution in [0.4, 0.5) is 9.18 Å². The molecule has 1 atom stereocenters. The van der Waals surface area contributed by atoms with Crippen LogP contribution < -0.4 is 17.7 Å². The molecule has 0 fully saturated rings. The van der Waals surface area contributed by atoms with Crippen LogP contribution in [0.1, 0.15) is 48.0 Å². The van der Waals surface area contributed by atoms with Gasteiger partial charge in [-0.1, -0.05) is 0 Å². The molecule has 0 unspecified atom stereocenters. The fourth-order valence-electron chi connectivity index (χ4n) is 1.75. The summed E-state index contributed by atoms with van der Waals surface area (Å²) in [6.07, 6.45) is -1.26. The Bertz CT molecular complexity index is 499. The van der Waals surface area contributed by atoms with Gasteiger partial charge in [0.25, 0.3) is 0 Å². The molecule has 0 saturated carbocycles. The fourth-order valence-corrected chi connectivity index (χ4v) is 1.75. The van der Waals surface area contributed by atoms with Gasteiger partial charge in [0.2, 0.25) is 6.80 Å². The number of hydrogen-bond acceptors (Lipinski definition) is 6. The number of likely N-dealkylation sites (N-methyl/N-ethyl adjacent to an activating group) is 1. The minimum atomic E-state index is -1.27. The largest absolute Gasteiger partial charge is 1.00 e. The van der Waals surface area contributed by atoms with Crippen LogP contribution in [0, 0.1) is 0 Å². The predicted octanol–water partition coefficient (Wildman–Crippen LogP) is -0.838. The number of halogens is 2. The molecule has 0 spiro atoms. The Morgan fingerprint density at radius 1 is 1.00 bits per heavy atom. The van der Waals surface area contributed by atoms with Crippen molar-refractivity contribution in [2.45, 2.75) is 65.2 Å². The van der Waals surface area contributed by atoms with Crippen LogP contribution in [0.2, 0.25) is 0 Å². The molecule has 0 radical (unpaired) electrons. The maximum Gasteiger partial charge on any atom is 0.408 e. The summed E-state index contributed by atoms with van der Waals surface area (Å²) in [6, 6.07) is -1.27. The van der Waals surface area contributed by atoms with Gasteiger partial charge in [0, 0.05) is 0 Å². The highest BCUT2D eigenvalue weighted by molar-refractivity contribution is 5.86. The summed E-state index contributed by atoms with van der Waals surface area (Å²) < 4.78 is 28.2. The molecule has 0 heterocycles. The van der Waals surface area contributed by atoms with Crippen LogP contribution >= 0.6 is 0 Å². The van der Waals surface area contributed by atoms with Gasteiger partial charge in [0.15, 0.2) is 0 Å². The molecular formula is C18H34ClFN2O6. The molecule has 0 aliphatic carbocycles. The minimum Gasteiger partial charge on any atom is -1.00 e. The third-order valence-electron chi connectivity index (χ3n) is 3.03. The van der Waals surface area contributed by atoms with Crippen LogP contribution in [0.15, 0.2) is 0 Å². The molecule has 8 nitrogen and oxygen atoms in total. The van der Waals surface area contributed by atoms with Gasteiger partial charge in [0.05, 0.1) is 20.5 Å². The van der Waals surface area contributed by atoms with Gasteiger partial charge in [-0.3, -0.25) is 9.28 Å². The number of hydrogen-bond donors (Lipinski definition) is 1. The number of carbonyl (C=O) groups excluding carboxylic acids is 3. The zero-order valence-corrected chi connectivity index (χ0v) is 18.8. The third kappa shape index (κ3) is 14.4. The first-order valence-electron chi connectivity index (χ1n) is 8.80. The quantitative estimate of drug-likeness (QED) is 0.235. The smallest absolute Gasteiger partial charge is 0.408 e. The lowest BCUT2D eigenvalue weighted by atomic mass is 10.1. The third-order valence-corrected chi connectivity index (χ3v) is 3.03. The average molecular weight is 429 g/mol. The van der Waals surface area contributed by atoms with E-state index in [1.807, 2.05) is 0 Å². The van der Waals surface area contributed by atoms with Gasteiger partial charge in [-0.25, -0.2) is 9.59 Å². The molecule has 166 valence electrons.